The van der Waals surface area contributed by atoms with Crippen LogP contribution in [-0.4, -0.2) is 9.97 Å². The van der Waals surface area contributed by atoms with Gasteiger partial charge in [0, 0.05) is 36.9 Å². The molecule has 0 N–H and O–H groups in total. The van der Waals surface area contributed by atoms with Crippen molar-refractivity contribution in [3.63, 3.8) is 0 Å². The number of fused-ring (bicyclic) bond motifs is 4. The van der Waals surface area contributed by atoms with Gasteiger partial charge in [0.1, 0.15) is 0 Å². The number of rotatable bonds is 5. The molecule has 228 valence electrons. The van der Waals surface area contributed by atoms with Crippen LogP contribution in [0, 0.1) is 11.3 Å². The average Bonchev–Trinajstić information content (AvgIpc) is 3.56. The highest BCUT2D eigenvalue weighted by Gasteiger charge is 2.15. The smallest absolute Gasteiger partial charge is 0.160 e. The van der Waals surface area contributed by atoms with Gasteiger partial charge in [-0.25, -0.2) is 9.97 Å². The Hall–Kier alpha value is -6.41. The van der Waals surface area contributed by atoms with Gasteiger partial charge in [-0.3, -0.25) is 0 Å². The molecular weight excluding hydrogens is 615 g/mol. The summed E-state index contributed by atoms with van der Waals surface area (Å²) in [4.78, 5) is 10.2. The summed E-state index contributed by atoms with van der Waals surface area (Å²) in [5, 5.41) is 14.4. The first kappa shape index (κ1) is 28.8. The summed E-state index contributed by atoms with van der Waals surface area (Å²) >= 11 is 1.83. The third-order valence-electron chi connectivity index (χ3n) is 9.11. The number of nitrogens with zero attached hydrogens (tertiary/aromatic N) is 3. The molecule has 4 heteroatoms. The molecular formula is C45H27N3S. The molecule has 2 heterocycles. The van der Waals surface area contributed by atoms with E-state index in [2.05, 4.69) is 115 Å². The molecule has 0 amide bonds. The predicted octanol–water partition coefficient (Wildman–Crippen LogP) is 12.2. The van der Waals surface area contributed by atoms with Crippen molar-refractivity contribution >= 4 is 42.3 Å². The van der Waals surface area contributed by atoms with E-state index in [4.69, 9.17) is 9.97 Å². The van der Waals surface area contributed by atoms with Gasteiger partial charge in [-0.05, 0) is 87.6 Å². The van der Waals surface area contributed by atoms with Crippen molar-refractivity contribution in [2.45, 2.75) is 0 Å². The summed E-state index contributed by atoms with van der Waals surface area (Å²) in [5.41, 5.74) is 9.71. The van der Waals surface area contributed by atoms with Gasteiger partial charge in [0.05, 0.1) is 23.0 Å². The Bertz CT molecular complexity index is 2710. The SMILES string of the molecule is N#Cc1ccc(-c2cc(-c3cc(-c4ccc5sc6ccccc6c5c4)cc(-c4cccc5ccccc45)c3)nc(-c3ccccc3)n2)cc1. The van der Waals surface area contributed by atoms with Gasteiger partial charge >= 0.3 is 0 Å². The molecule has 9 rings (SSSR count). The van der Waals surface area contributed by atoms with Gasteiger partial charge in [-0.2, -0.15) is 5.26 Å². The van der Waals surface area contributed by atoms with Crippen LogP contribution in [-0.2, 0) is 0 Å². The molecule has 0 spiro atoms. The first-order valence-corrected chi connectivity index (χ1v) is 17.0. The molecule has 49 heavy (non-hydrogen) atoms. The molecule has 0 fully saturated rings. The molecule has 0 saturated carbocycles. The normalized spacial score (nSPS) is 11.2. The minimum Gasteiger partial charge on any atom is -0.228 e. The maximum atomic E-state index is 9.41. The van der Waals surface area contributed by atoms with Gasteiger partial charge in [0.2, 0.25) is 0 Å². The van der Waals surface area contributed by atoms with E-state index in [0.29, 0.717) is 11.4 Å². The van der Waals surface area contributed by atoms with Crippen LogP contribution < -0.4 is 0 Å². The summed E-state index contributed by atoms with van der Waals surface area (Å²) in [7, 11) is 0. The zero-order chi connectivity index (χ0) is 32.7. The van der Waals surface area contributed by atoms with E-state index in [1.54, 1.807) is 0 Å². The molecule has 0 unspecified atom stereocenters. The zero-order valence-corrected chi connectivity index (χ0v) is 27.2. The highest BCUT2D eigenvalue weighted by molar-refractivity contribution is 7.25. The lowest BCUT2D eigenvalue weighted by Crippen LogP contribution is -1.96. The Labute approximate surface area is 288 Å². The van der Waals surface area contributed by atoms with E-state index in [1.165, 1.54) is 36.5 Å². The van der Waals surface area contributed by atoms with Crippen LogP contribution in [0.4, 0.5) is 0 Å². The van der Waals surface area contributed by atoms with Crippen molar-refractivity contribution in [3.8, 4) is 62.2 Å². The Morgan fingerprint density at radius 2 is 1.08 bits per heavy atom. The van der Waals surface area contributed by atoms with Gasteiger partial charge in [-0.1, -0.05) is 109 Å². The molecule has 2 aromatic heterocycles. The number of nitriles is 1. The molecule has 0 radical (unpaired) electrons. The molecule has 0 aliphatic heterocycles. The van der Waals surface area contributed by atoms with Crippen LogP contribution in [0.1, 0.15) is 5.56 Å². The number of hydrogen-bond acceptors (Lipinski definition) is 4. The van der Waals surface area contributed by atoms with E-state index in [1.807, 2.05) is 65.9 Å². The van der Waals surface area contributed by atoms with Crippen LogP contribution in [0.25, 0.3) is 87.1 Å². The van der Waals surface area contributed by atoms with Crippen molar-refractivity contribution in [2.24, 2.45) is 0 Å². The average molecular weight is 642 g/mol. The van der Waals surface area contributed by atoms with Crippen LogP contribution >= 0.6 is 11.3 Å². The molecule has 0 saturated heterocycles. The van der Waals surface area contributed by atoms with E-state index in [-0.39, 0.29) is 0 Å². The minimum atomic E-state index is 0.615. The lowest BCUT2D eigenvalue weighted by molar-refractivity contribution is 1.18. The summed E-state index contributed by atoms with van der Waals surface area (Å²) in [6.45, 7) is 0. The van der Waals surface area contributed by atoms with E-state index < -0.39 is 0 Å². The lowest BCUT2D eigenvalue weighted by Gasteiger charge is -2.14. The largest absolute Gasteiger partial charge is 0.228 e. The van der Waals surface area contributed by atoms with E-state index >= 15 is 0 Å². The van der Waals surface area contributed by atoms with Crippen molar-refractivity contribution in [3.05, 3.63) is 169 Å². The number of aromatic nitrogens is 2. The van der Waals surface area contributed by atoms with E-state index in [9.17, 15) is 5.26 Å². The third-order valence-corrected chi connectivity index (χ3v) is 10.3. The highest BCUT2D eigenvalue weighted by atomic mass is 32.1. The standard InChI is InChI=1S/C45H27N3S/c46-28-29-17-19-31(20-18-29)41-27-42(48-45(47-41)32-10-2-1-3-11-32)36-24-34(23-35(25-36)38-15-8-12-30-9-4-5-13-37(30)38)33-21-22-44-40(26-33)39-14-6-7-16-43(39)49-44/h1-27H. The summed E-state index contributed by atoms with van der Waals surface area (Å²) in [6, 6.07) is 59.3. The third kappa shape index (κ3) is 5.33. The van der Waals surface area contributed by atoms with Gasteiger partial charge in [0.15, 0.2) is 5.82 Å². The first-order valence-electron chi connectivity index (χ1n) is 16.2. The fraction of sp³-hybridized carbons (Fsp3) is 0. The second-order valence-corrected chi connectivity index (χ2v) is 13.2. The van der Waals surface area contributed by atoms with Crippen molar-refractivity contribution < 1.29 is 0 Å². The Balaban J connectivity index is 1.29. The molecule has 0 aliphatic rings. The molecule has 7 aromatic carbocycles. The second-order valence-electron chi connectivity index (χ2n) is 12.2. The number of benzene rings is 7. The van der Waals surface area contributed by atoms with Gasteiger partial charge in [-0.15, -0.1) is 11.3 Å². The van der Waals surface area contributed by atoms with Crippen LogP contribution in [0.3, 0.4) is 0 Å². The first-order chi connectivity index (χ1) is 24.2. The fourth-order valence-corrected chi connectivity index (χ4v) is 7.74. The number of thiophene rings is 1. The van der Waals surface area contributed by atoms with Crippen molar-refractivity contribution in [2.75, 3.05) is 0 Å². The molecule has 0 aliphatic carbocycles. The fourth-order valence-electron chi connectivity index (χ4n) is 6.66. The Kier molecular flexibility index (Phi) is 7.04. The predicted molar refractivity (Wildman–Crippen MR) is 204 cm³/mol. The maximum absolute atomic E-state index is 9.41. The Morgan fingerprint density at radius 3 is 1.92 bits per heavy atom. The molecule has 0 atom stereocenters. The van der Waals surface area contributed by atoms with Crippen molar-refractivity contribution in [1.82, 2.24) is 9.97 Å². The highest BCUT2D eigenvalue weighted by Crippen LogP contribution is 2.40. The molecule has 9 aromatic rings. The molecule has 3 nitrogen and oxygen atoms in total. The van der Waals surface area contributed by atoms with E-state index in [0.717, 1.165) is 44.8 Å². The minimum absolute atomic E-state index is 0.615. The Morgan fingerprint density at radius 1 is 0.429 bits per heavy atom. The van der Waals surface area contributed by atoms with Crippen molar-refractivity contribution in [1.29, 1.82) is 5.26 Å². The maximum Gasteiger partial charge on any atom is 0.160 e. The number of hydrogen-bond donors (Lipinski definition) is 0. The zero-order valence-electron chi connectivity index (χ0n) is 26.3. The van der Waals surface area contributed by atoms with Crippen LogP contribution in [0.15, 0.2) is 164 Å². The quantitative estimate of drug-likeness (QED) is 0.188. The summed E-state index contributed by atoms with van der Waals surface area (Å²) in [5.74, 6) is 0.653. The lowest BCUT2D eigenvalue weighted by atomic mass is 9.91. The van der Waals surface area contributed by atoms with Gasteiger partial charge < -0.3 is 0 Å². The van der Waals surface area contributed by atoms with Crippen LogP contribution in [0.2, 0.25) is 0 Å². The monoisotopic (exact) mass is 641 g/mol. The summed E-state index contributed by atoms with van der Waals surface area (Å²) in [6.07, 6.45) is 0. The molecule has 0 bridgehead atoms. The summed E-state index contributed by atoms with van der Waals surface area (Å²) < 4.78 is 2.58. The van der Waals surface area contributed by atoms with Crippen LogP contribution in [0.5, 0.6) is 0 Å². The van der Waals surface area contributed by atoms with Gasteiger partial charge in [0.25, 0.3) is 0 Å². The second kappa shape index (κ2) is 12.0. The topological polar surface area (TPSA) is 49.6 Å².